The summed E-state index contributed by atoms with van der Waals surface area (Å²) in [6.45, 7) is 0.216. The molecule has 4 saturated carbocycles. The van der Waals surface area contributed by atoms with E-state index < -0.39 is 0 Å². The Bertz CT molecular complexity index is 514. The third kappa shape index (κ3) is 2.48. The summed E-state index contributed by atoms with van der Waals surface area (Å²) in [5.74, 6) is 3.47. The van der Waals surface area contributed by atoms with E-state index in [1.807, 2.05) is 12.1 Å². The summed E-state index contributed by atoms with van der Waals surface area (Å²) in [7, 11) is 0. The van der Waals surface area contributed by atoms with Gasteiger partial charge in [0.15, 0.2) is 5.78 Å². The molecule has 0 aromatic heterocycles. The number of carbonyl (C=O) groups is 1. The lowest BCUT2D eigenvalue weighted by molar-refractivity contribution is -0.145. The smallest absolute Gasteiger partial charge is 0.176 e. The predicted octanol–water partition coefficient (Wildman–Crippen LogP) is 4.50. The first-order chi connectivity index (χ1) is 10.1. The molecule has 0 heterocycles. The molecule has 0 saturated heterocycles. The van der Waals surface area contributed by atoms with Gasteiger partial charge in [-0.25, -0.2) is 0 Å². The van der Waals surface area contributed by atoms with Gasteiger partial charge in [0, 0.05) is 10.4 Å². The van der Waals surface area contributed by atoms with Crippen molar-refractivity contribution in [3.05, 3.63) is 29.3 Å². The maximum absolute atomic E-state index is 12.8. The first kappa shape index (κ1) is 13.6. The molecular formula is C18H21ClO2. The van der Waals surface area contributed by atoms with Crippen LogP contribution in [-0.2, 0) is 4.79 Å². The molecule has 112 valence electrons. The number of rotatable bonds is 4. The molecule has 4 aliphatic carbocycles. The van der Waals surface area contributed by atoms with Crippen molar-refractivity contribution >= 4 is 17.4 Å². The zero-order valence-corrected chi connectivity index (χ0v) is 12.9. The van der Waals surface area contributed by atoms with Crippen molar-refractivity contribution in [1.29, 1.82) is 0 Å². The zero-order chi connectivity index (χ0) is 14.4. The van der Waals surface area contributed by atoms with Gasteiger partial charge in [-0.3, -0.25) is 4.79 Å². The standard InChI is InChI=1S/C18H21ClO2/c19-15-1-3-16(4-2-15)21-11-17(20)18-8-12-5-13(9-18)7-14(6-12)10-18/h1-4,12-14H,5-11H2. The predicted molar refractivity (Wildman–Crippen MR) is 82.6 cm³/mol. The van der Waals surface area contributed by atoms with Gasteiger partial charge in [0.25, 0.3) is 0 Å². The van der Waals surface area contributed by atoms with Crippen LogP contribution in [0, 0.1) is 23.2 Å². The van der Waals surface area contributed by atoms with Crippen LogP contribution >= 0.6 is 11.6 Å². The Morgan fingerprint density at radius 1 is 1.05 bits per heavy atom. The largest absolute Gasteiger partial charge is 0.486 e. The van der Waals surface area contributed by atoms with Crippen molar-refractivity contribution in [2.45, 2.75) is 38.5 Å². The minimum absolute atomic E-state index is 0.0544. The topological polar surface area (TPSA) is 26.3 Å². The lowest BCUT2D eigenvalue weighted by Crippen LogP contribution is -2.51. The van der Waals surface area contributed by atoms with Crippen molar-refractivity contribution in [1.82, 2.24) is 0 Å². The highest BCUT2D eigenvalue weighted by Gasteiger charge is 2.54. The van der Waals surface area contributed by atoms with E-state index in [9.17, 15) is 4.79 Å². The molecule has 1 aromatic rings. The Morgan fingerprint density at radius 3 is 2.10 bits per heavy atom. The summed E-state index contributed by atoms with van der Waals surface area (Å²) in [6.07, 6.45) is 7.44. The second-order valence-electron chi connectivity index (χ2n) is 7.36. The SMILES string of the molecule is O=C(COc1ccc(Cl)cc1)C12CC3CC(CC(C3)C1)C2. The summed E-state index contributed by atoms with van der Waals surface area (Å²) in [6, 6.07) is 7.25. The van der Waals surface area contributed by atoms with Gasteiger partial charge in [-0.1, -0.05) is 11.6 Å². The van der Waals surface area contributed by atoms with Crippen molar-refractivity contribution < 1.29 is 9.53 Å². The van der Waals surface area contributed by atoms with Crippen LogP contribution in [0.3, 0.4) is 0 Å². The van der Waals surface area contributed by atoms with Crippen LogP contribution in [0.25, 0.3) is 0 Å². The molecule has 0 aliphatic heterocycles. The summed E-state index contributed by atoms with van der Waals surface area (Å²) in [5.41, 5.74) is -0.0544. The maximum Gasteiger partial charge on any atom is 0.176 e. The Balaban J connectivity index is 1.44. The molecule has 4 bridgehead atoms. The molecule has 0 N–H and O–H groups in total. The van der Waals surface area contributed by atoms with E-state index in [1.165, 1.54) is 19.3 Å². The van der Waals surface area contributed by atoms with Crippen molar-refractivity contribution in [2.24, 2.45) is 23.2 Å². The minimum Gasteiger partial charge on any atom is -0.486 e. The number of hydrogen-bond donors (Lipinski definition) is 0. The Kier molecular flexibility index (Phi) is 3.25. The molecule has 0 amide bonds. The third-order valence-corrected chi connectivity index (χ3v) is 6.07. The molecule has 2 nitrogen and oxygen atoms in total. The van der Waals surface area contributed by atoms with Gasteiger partial charge in [0.1, 0.15) is 12.4 Å². The number of carbonyl (C=O) groups excluding carboxylic acids is 1. The normalized spacial score (nSPS) is 36.7. The van der Waals surface area contributed by atoms with Gasteiger partial charge in [-0.15, -0.1) is 0 Å². The van der Waals surface area contributed by atoms with Crippen LogP contribution < -0.4 is 4.74 Å². The van der Waals surface area contributed by atoms with Gasteiger partial charge in [0.2, 0.25) is 0 Å². The number of halogens is 1. The fourth-order valence-corrected chi connectivity index (χ4v) is 5.41. The molecule has 4 fully saturated rings. The fourth-order valence-electron chi connectivity index (χ4n) is 5.28. The van der Waals surface area contributed by atoms with E-state index in [0.29, 0.717) is 10.8 Å². The van der Waals surface area contributed by atoms with Gasteiger partial charge in [0.05, 0.1) is 0 Å². The van der Waals surface area contributed by atoms with Crippen LogP contribution in [0.15, 0.2) is 24.3 Å². The first-order valence-electron chi connectivity index (χ1n) is 8.05. The van der Waals surface area contributed by atoms with Gasteiger partial charge in [-0.05, 0) is 80.5 Å². The summed E-state index contributed by atoms with van der Waals surface area (Å²) in [5, 5.41) is 0.690. The number of benzene rings is 1. The quantitative estimate of drug-likeness (QED) is 0.818. The molecule has 1 aromatic carbocycles. The van der Waals surface area contributed by atoms with Crippen molar-refractivity contribution in [3.8, 4) is 5.75 Å². The average molecular weight is 305 g/mol. The second kappa shape index (κ2) is 5.01. The molecule has 3 heteroatoms. The van der Waals surface area contributed by atoms with E-state index in [1.54, 1.807) is 12.1 Å². The third-order valence-electron chi connectivity index (χ3n) is 5.81. The van der Waals surface area contributed by atoms with E-state index in [0.717, 1.165) is 42.8 Å². The lowest BCUT2D eigenvalue weighted by atomic mass is 9.48. The summed E-state index contributed by atoms with van der Waals surface area (Å²) >= 11 is 5.86. The number of ether oxygens (including phenoxy) is 1. The fraction of sp³-hybridized carbons (Fsp3) is 0.611. The van der Waals surface area contributed by atoms with E-state index in [2.05, 4.69) is 0 Å². The molecule has 0 unspecified atom stereocenters. The van der Waals surface area contributed by atoms with Crippen molar-refractivity contribution in [2.75, 3.05) is 6.61 Å². The highest BCUT2D eigenvalue weighted by Crippen LogP contribution is 2.60. The van der Waals surface area contributed by atoms with Crippen LogP contribution in [0.1, 0.15) is 38.5 Å². The summed E-state index contributed by atoms with van der Waals surface area (Å²) < 4.78 is 5.70. The van der Waals surface area contributed by atoms with Crippen LogP contribution in [0.2, 0.25) is 5.02 Å². The zero-order valence-electron chi connectivity index (χ0n) is 12.2. The number of Topliss-reactive ketones (excluding diaryl/α,β-unsaturated/α-hetero) is 1. The molecule has 0 atom stereocenters. The molecule has 5 rings (SSSR count). The monoisotopic (exact) mass is 304 g/mol. The minimum atomic E-state index is -0.0544. The van der Waals surface area contributed by atoms with Gasteiger partial charge >= 0.3 is 0 Å². The highest BCUT2D eigenvalue weighted by atomic mass is 35.5. The average Bonchev–Trinajstić information content (AvgIpc) is 2.45. The van der Waals surface area contributed by atoms with Crippen LogP contribution in [-0.4, -0.2) is 12.4 Å². The van der Waals surface area contributed by atoms with E-state index in [-0.39, 0.29) is 12.0 Å². The Hall–Kier alpha value is -1.02. The number of hydrogen-bond acceptors (Lipinski definition) is 2. The van der Waals surface area contributed by atoms with Gasteiger partial charge < -0.3 is 4.74 Å². The second-order valence-corrected chi connectivity index (χ2v) is 7.80. The molecule has 21 heavy (non-hydrogen) atoms. The van der Waals surface area contributed by atoms with Crippen LogP contribution in [0.4, 0.5) is 0 Å². The van der Waals surface area contributed by atoms with E-state index >= 15 is 0 Å². The van der Waals surface area contributed by atoms with E-state index in [4.69, 9.17) is 16.3 Å². The van der Waals surface area contributed by atoms with Crippen molar-refractivity contribution in [3.63, 3.8) is 0 Å². The Labute approximate surface area is 130 Å². The highest BCUT2D eigenvalue weighted by molar-refractivity contribution is 6.30. The summed E-state index contributed by atoms with van der Waals surface area (Å²) in [4.78, 5) is 12.8. The lowest BCUT2D eigenvalue weighted by Gasteiger charge is -2.55. The molecule has 0 spiro atoms. The van der Waals surface area contributed by atoms with Crippen LogP contribution in [0.5, 0.6) is 5.75 Å². The molecule has 0 radical (unpaired) electrons. The molecule has 4 aliphatic rings. The maximum atomic E-state index is 12.8. The first-order valence-corrected chi connectivity index (χ1v) is 8.42. The Morgan fingerprint density at radius 2 is 1.57 bits per heavy atom. The molecular weight excluding hydrogens is 284 g/mol. The number of ketones is 1. The van der Waals surface area contributed by atoms with Gasteiger partial charge in [-0.2, -0.15) is 0 Å².